The summed E-state index contributed by atoms with van der Waals surface area (Å²) in [7, 11) is 0. The Labute approximate surface area is 137 Å². The van der Waals surface area contributed by atoms with E-state index in [1.165, 1.54) is 16.9 Å². The molecule has 0 aliphatic carbocycles. The normalized spacial score (nSPS) is 10.7. The van der Waals surface area contributed by atoms with E-state index in [4.69, 9.17) is 11.6 Å². The zero-order valence-electron chi connectivity index (χ0n) is 12.3. The number of rotatable bonds is 6. The molecule has 2 heterocycles. The number of anilines is 1. The first-order chi connectivity index (χ1) is 10.6. The topological polar surface area (TPSA) is 51.0 Å². The Bertz CT molecular complexity index is 664. The average Bonchev–Trinajstić information content (AvgIpc) is 2.88. The minimum atomic E-state index is -0.464. The van der Waals surface area contributed by atoms with Gasteiger partial charge in [-0.3, -0.25) is 9.78 Å². The number of carbonyl (C=O) groups excluding carboxylic acids is 1. The van der Waals surface area contributed by atoms with E-state index in [1.54, 1.807) is 22.9 Å². The average molecular weight is 343 g/mol. The van der Waals surface area contributed by atoms with Gasteiger partial charge in [-0.15, -0.1) is 0 Å². The van der Waals surface area contributed by atoms with Crippen molar-refractivity contribution in [2.24, 2.45) is 0 Å². The second-order valence-corrected chi connectivity index (χ2v) is 5.84. The first-order valence-electron chi connectivity index (χ1n) is 6.72. The van der Waals surface area contributed by atoms with Crippen LogP contribution in [0.1, 0.15) is 13.3 Å². The van der Waals surface area contributed by atoms with Gasteiger partial charge in [0.25, 0.3) is 0 Å². The smallest absolute Gasteiger partial charge is 0.227 e. The van der Waals surface area contributed by atoms with E-state index in [0.29, 0.717) is 24.3 Å². The van der Waals surface area contributed by atoms with Gasteiger partial charge in [0.05, 0.1) is 24.3 Å². The van der Waals surface area contributed by atoms with Crippen LogP contribution in [-0.2, 0) is 4.79 Å². The third-order valence-corrected chi connectivity index (χ3v) is 3.92. The maximum Gasteiger partial charge on any atom is 0.227 e. The quantitative estimate of drug-likeness (QED) is 0.809. The summed E-state index contributed by atoms with van der Waals surface area (Å²) in [6, 6.07) is 1.30. The summed E-state index contributed by atoms with van der Waals surface area (Å²) < 4.78 is 14.7. The van der Waals surface area contributed by atoms with Crippen molar-refractivity contribution in [1.82, 2.24) is 14.8 Å². The lowest BCUT2D eigenvalue weighted by Crippen LogP contribution is -2.30. The predicted octanol–water partition coefficient (Wildman–Crippen LogP) is 3.17. The summed E-state index contributed by atoms with van der Waals surface area (Å²) in [5.41, 5.74) is 0.959. The zero-order valence-corrected chi connectivity index (χ0v) is 13.9. The summed E-state index contributed by atoms with van der Waals surface area (Å²) in [6.07, 6.45) is 6.57. The fourth-order valence-corrected chi connectivity index (χ4v) is 2.60. The van der Waals surface area contributed by atoms with Gasteiger partial charge in [-0.2, -0.15) is 16.9 Å². The van der Waals surface area contributed by atoms with Crippen LogP contribution in [0.3, 0.4) is 0 Å². The highest BCUT2D eigenvalue weighted by Gasteiger charge is 2.20. The van der Waals surface area contributed by atoms with E-state index < -0.39 is 5.82 Å². The second kappa shape index (κ2) is 7.60. The molecule has 8 heteroatoms. The Morgan fingerprint density at radius 3 is 2.91 bits per heavy atom. The molecule has 2 aromatic rings. The second-order valence-electron chi connectivity index (χ2n) is 4.49. The van der Waals surface area contributed by atoms with Crippen molar-refractivity contribution in [3.05, 3.63) is 35.6 Å². The van der Waals surface area contributed by atoms with Gasteiger partial charge in [0.15, 0.2) is 5.15 Å². The molecule has 0 radical (unpaired) electrons. The molecule has 0 bridgehead atoms. The summed E-state index contributed by atoms with van der Waals surface area (Å²) in [5.74, 6) is 0.263. The number of halogens is 2. The molecule has 0 N–H and O–H groups in total. The molecule has 0 saturated heterocycles. The van der Waals surface area contributed by atoms with Crippen LogP contribution < -0.4 is 4.90 Å². The van der Waals surface area contributed by atoms with Crippen LogP contribution in [-0.4, -0.2) is 39.2 Å². The number of aromatic nitrogens is 3. The van der Waals surface area contributed by atoms with Gasteiger partial charge in [-0.25, -0.2) is 9.07 Å². The number of thioether (sulfide) groups is 1. The number of carbonyl (C=O) groups is 1. The van der Waals surface area contributed by atoms with E-state index in [-0.39, 0.29) is 11.1 Å². The summed E-state index contributed by atoms with van der Waals surface area (Å²) in [4.78, 5) is 17.6. The molecule has 22 heavy (non-hydrogen) atoms. The summed E-state index contributed by atoms with van der Waals surface area (Å²) in [5, 5.41) is 4.33. The molecule has 2 rings (SSSR count). The fraction of sp³-hybridized carbons (Fsp3) is 0.357. The fourth-order valence-electron chi connectivity index (χ4n) is 1.99. The Hall–Kier alpha value is -1.60. The van der Waals surface area contributed by atoms with Crippen LogP contribution >= 0.6 is 23.4 Å². The number of hydrogen-bond acceptors (Lipinski definition) is 4. The highest BCUT2D eigenvalue weighted by atomic mass is 35.5. The predicted molar refractivity (Wildman–Crippen MR) is 87.4 cm³/mol. The molecule has 1 amide bonds. The third-order valence-electron chi connectivity index (χ3n) is 3.03. The minimum absolute atomic E-state index is 0.0179. The number of nitrogens with zero attached hydrogens (tertiary/aromatic N) is 4. The monoisotopic (exact) mass is 342 g/mol. The molecule has 0 aliphatic rings. The van der Waals surface area contributed by atoms with Gasteiger partial charge in [0, 0.05) is 24.8 Å². The van der Waals surface area contributed by atoms with Gasteiger partial charge in [-0.1, -0.05) is 11.6 Å². The van der Waals surface area contributed by atoms with Crippen LogP contribution in [0.5, 0.6) is 0 Å². The van der Waals surface area contributed by atoms with E-state index in [2.05, 4.69) is 10.1 Å². The Kier molecular flexibility index (Phi) is 5.79. The Morgan fingerprint density at radius 1 is 1.50 bits per heavy atom. The van der Waals surface area contributed by atoms with Crippen LogP contribution in [0.25, 0.3) is 5.69 Å². The van der Waals surface area contributed by atoms with Crippen molar-refractivity contribution in [2.45, 2.75) is 13.3 Å². The minimum Gasteiger partial charge on any atom is -0.308 e. The SMILES string of the molecule is CCN(C(=O)CCSC)c1cn(-c2cncc(F)c2)nc1Cl. The third kappa shape index (κ3) is 3.78. The first-order valence-corrected chi connectivity index (χ1v) is 8.49. The largest absolute Gasteiger partial charge is 0.308 e. The maximum atomic E-state index is 13.2. The molecule has 0 atom stereocenters. The van der Waals surface area contributed by atoms with Crippen molar-refractivity contribution < 1.29 is 9.18 Å². The molecule has 2 aromatic heterocycles. The van der Waals surface area contributed by atoms with Gasteiger partial charge in [0.1, 0.15) is 11.5 Å². The zero-order chi connectivity index (χ0) is 16.1. The Balaban J connectivity index is 2.30. The van der Waals surface area contributed by atoms with Crippen molar-refractivity contribution >= 4 is 35.0 Å². The van der Waals surface area contributed by atoms with Gasteiger partial charge >= 0.3 is 0 Å². The number of pyridine rings is 1. The molecule has 0 aliphatic heterocycles. The first kappa shape index (κ1) is 16.8. The Morgan fingerprint density at radius 2 is 2.27 bits per heavy atom. The number of amides is 1. The standard InChI is InChI=1S/C14H16ClFN4OS/c1-3-19(13(21)4-5-22-2)12-9-20(18-14(12)15)11-6-10(16)7-17-8-11/h6-9H,3-5H2,1-2H3. The molecule has 0 aromatic carbocycles. The molecule has 5 nitrogen and oxygen atoms in total. The lowest BCUT2D eigenvalue weighted by molar-refractivity contribution is -0.118. The van der Waals surface area contributed by atoms with Crippen molar-refractivity contribution in [1.29, 1.82) is 0 Å². The van der Waals surface area contributed by atoms with Crippen molar-refractivity contribution in [3.63, 3.8) is 0 Å². The van der Waals surface area contributed by atoms with Crippen LogP contribution in [0, 0.1) is 5.82 Å². The highest BCUT2D eigenvalue weighted by molar-refractivity contribution is 7.98. The number of hydrogen-bond donors (Lipinski definition) is 0. The molecular weight excluding hydrogens is 327 g/mol. The van der Waals surface area contributed by atoms with Crippen LogP contribution in [0.2, 0.25) is 5.15 Å². The van der Waals surface area contributed by atoms with Gasteiger partial charge in [-0.05, 0) is 13.2 Å². The molecular formula is C14H16ClFN4OS. The molecule has 0 fully saturated rings. The van der Waals surface area contributed by atoms with E-state index >= 15 is 0 Å². The highest BCUT2D eigenvalue weighted by Crippen LogP contribution is 2.26. The van der Waals surface area contributed by atoms with E-state index in [1.807, 2.05) is 13.2 Å². The van der Waals surface area contributed by atoms with Crippen LogP contribution in [0.15, 0.2) is 24.7 Å². The lowest BCUT2D eigenvalue weighted by atomic mass is 10.3. The van der Waals surface area contributed by atoms with Gasteiger partial charge < -0.3 is 4.90 Å². The van der Waals surface area contributed by atoms with Gasteiger partial charge in [0.2, 0.25) is 5.91 Å². The van der Waals surface area contributed by atoms with Crippen molar-refractivity contribution in [3.8, 4) is 5.69 Å². The lowest BCUT2D eigenvalue weighted by Gasteiger charge is -2.19. The van der Waals surface area contributed by atoms with Crippen molar-refractivity contribution in [2.75, 3.05) is 23.5 Å². The molecule has 118 valence electrons. The molecule has 0 saturated carbocycles. The van der Waals surface area contributed by atoms with E-state index in [0.717, 1.165) is 11.9 Å². The van der Waals surface area contributed by atoms with E-state index in [9.17, 15) is 9.18 Å². The molecule has 0 spiro atoms. The molecule has 0 unspecified atom stereocenters. The summed E-state index contributed by atoms with van der Waals surface area (Å²) in [6.45, 7) is 2.36. The maximum absolute atomic E-state index is 13.2. The summed E-state index contributed by atoms with van der Waals surface area (Å²) >= 11 is 7.75. The van der Waals surface area contributed by atoms with Crippen LogP contribution in [0.4, 0.5) is 10.1 Å².